The van der Waals surface area contributed by atoms with E-state index in [4.69, 9.17) is 9.47 Å². The lowest BCUT2D eigenvalue weighted by atomic mass is 10.1. The van der Waals surface area contributed by atoms with Crippen molar-refractivity contribution in [1.29, 1.82) is 0 Å². The van der Waals surface area contributed by atoms with Gasteiger partial charge in [-0.3, -0.25) is 4.79 Å². The van der Waals surface area contributed by atoms with Crippen LogP contribution in [0.5, 0.6) is 5.75 Å². The van der Waals surface area contributed by atoms with E-state index >= 15 is 0 Å². The van der Waals surface area contributed by atoms with Gasteiger partial charge in [-0.1, -0.05) is 0 Å². The van der Waals surface area contributed by atoms with Gasteiger partial charge in [-0.2, -0.15) is 0 Å². The van der Waals surface area contributed by atoms with Crippen LogP contribution >= 0.6 is 0 Å². The minimum atomic E-state index is -0.826. The van der Waals surface area contributed by atoms with Crippen LogP contribution in [0.2, 0.25) is 0 Å². The maximum Gasteiger partial charge on any atom is 0.347 e. The van der Waals surface area contributed by atoms with Gasteiger partial charge in [0.1, 0.15) is 11.6 Å². The number of esters is 1. The number of benzene rings is 1. The Morgan fingerprint density at radius 1 is 1.39 bits per heavy atom. The zero-order valence-electron chi connectivity index (χ0n) is 10.5. The van der Waals surface area contributed by atoms with Crippen molar-refractivity contribution in [2.24, 2.45) is 0 Å². The topological polar surface area (TPSA) is 52.6 Å². The molecule has 0 aliphatic heterocycles. The highest BCUT2D eigenvalue weighted by molar-refractivity contribution is 5.94. The van der Waals surface area contributed by atoms with E-state index in [1.807, 2.05) is 0 Å². The Morgan fingerprint density at radius 2 is 2.06 bits per heavy atom. The molecule has 1 unspecified atom stereocenters. The third-order valence-corrected chi connectivity index (χ3v) is 2.25. The zero-order valence-corrected chi connectivity index (χ0v) is 10.5. The first kappa shape index (κ1) is 14.2. The summed E-state index contributed by atoms with van der Waals surface area (Å²) in [5.74, 6) is -1.37. The molecule has 0 heterocycles. The fraction of sp³-hybridized carbons (Fsp3) is 0.385. The molecule has 1 atom stereocenters. The first-order chi connectivity index (χ1) is 8.45. The molecular weight excluding hydrogens is 239 g/mol. The highest BCUT2D eigenvalue weighted by Crippen LogP contribution is 2.18. The predicted molar refractivity (Wildman–Crippen MR) is 63.1 cm³/mol. The van der Waals surface area contributed by atoms with Gasteiger partial charge in [0.2, 0.25) is 0 Å². The number of hydrogen-bond acceptors (Lipinski definition) is 4. The Hall–Kier alpha value is -1.91. The highest BCUT2D eigenvalue weighted by Gasteiger charge is 2.16. The largest absolute Gasteiger partial charge is 0.479 e. The molecule has 4 nitrogen and oxygen atoms in total. The summed E-state index contributed by atoms with van der Waals surface area (Å²) in [6.07, 6.45) is -0.826. The lowest BCUT2D eigenvalue weighted by Gasteiger charge is -2.13. The first-order valence-corrected chi connectivity index (χ1v) is 5.59. The van der Waals surface area contributed by atoms with Gasteiger partial charge in [0.15, 0.2) is 11.9 Å². The van der Waals surface area contributed by atoms with Gasteiger partial charge < -0.3 is 9.47 Å². The number of ether oxygens (including phenoxy) is 2. The number of rotatable bonds is 5. The molecule has 0 saturated carbocycles. The average molecular weight is 254 g/mol. The normalized spacial score (nSPS) is 11.8. The van der Waals surface area contributed by atoms with Crippen LogP contribution in [0.1, 0.15) is 31.1 Å². The molecular formula is C13H15FO4. The molecule has 0 radical (unpaired) electrons. The zero-order chi connectivity index (χ0) is 13.7. The van der Waals surface area contributed by atoms with Crippen LogP contribution in [-0.2, 0) is 9.53 Å². The Labute approximate surface area is 105 Å². The number of carbonyl (C=O) groups excluding carboxylic acids is 2. The van der Waals surface area contributed by atoms with Gasteiger partial charge in [0, 0.05) is 6.07 Å². The van der Waals surface area contributed by atoms with Crippen LogP contribution in [0.15, 0.2) is 18.2 Å². The van der Waals surface area contributed by atoms with Crippen LogP contribution in [-0.4, -0.2) is 24.5 Å². The van der Waals surface area contributed by atoms with Crippen LogP contribution in [0.25, 0.3) is 0 Å². The van der Waals surface area contributed by atoms with Crippen molar-refractivity contribution in [2.45, 2.75) is 26.9 Å². The number of carbonyl (C=O) groups is 2. The third-order valence-electron chi connectivity index (χ3n) is 2.25. The van der Waals surface area contributed by atoms with Gasteiger partial charge in [0.25, 0.3) is 0 Å². The number of ketones is 1. The summed E-state index contributed by atoms with van der Waals surface area (Å²) in [7, 11) is 0. The molecule has 1 aromatic carbocycles. The van der Waals surface area contributed by atoms with Crippen LogP contribution in [0, 0.1) is 5.82 Å². The summed E-state index contributed by atoms with van der Waals surface area (Å²) in [4.78, 5) is 22.4. The second kappa shape index (κ2) is 6.14. The van der Waals surface area contributed by atoms with Crippen molar-refractivity contribution >= 4 is 11.8 Å². The molecule has 0 aromatic heterocycles. The minimum absolute atomic E-state index is 0.00821. The van der Waals surface area contributed by atoms with E-state index in [9.17, 15) is 14.0 Å². The fourth-order valence-electron chi connectivity index (χ4n) is 1.37. The maximum absolute atomic E-state index is 13.5. The van der Waals surface area contributed by atoms with E-state index in [0.717, 1.165) is 6.07 Å². The molecule has 0 spiro atoms. The molecule has 98 valence electrons. The summed E-state index contributed by atoms with van der Waals surface area (Å²) in [6, 6.07) is 3.84. The molecule has 0 saturated heterocycles. The molecule has 0 aliphatic rings. The van der Waals surface area contributed by atoms with E-state index in [2.05, 4.69) is 0 Å². The first-order valence-electron chi connectivity index (χ1n) is 5.59. The lowest BCUT2D eigenvalue weighted by Crippen LogP contribution is -2.26. The van der Waals surface area contributed by atoms with Crippen molar-refractivity contribution in [3.8, 4) is 5.75 Å². The van der Waals surface area contributed by atoms with E-state index in [1.165, 1.54) is 26.0 Å². The molecule has 0 fully saturated rings. The van der Waals surface area contributed by atoms with Crippen LogP contribution in [0.4, 0.5) is 4.39 Å². The van der Waals surface area contributed by atoms with E-state index in [-0.39, 0.29) is 23.7 Å². The van der Waals surface area contributed by atoms with E-state index < -0.39 is 17.9 Å². The minimum Gasteiger partial charge on any atom is -0.479 e. The van der Waals surface area contributed by atoms with Gasteiger partial charge in [-0.15, -0.1) is 0 Å². The number of hydrogen-bond donors (Lipinski definition) is 0. The average Bonchev–Trinajstić information content (AvgIpc) is 2.28. The van der Waals surface area contributed by atoms with E-state index in [1.54, 1.807) is 6.92 Å². The van der Waals surface area contributed by atoms with Gasteiger partial charge in [0.05, 0.1) is 12.2 Å². The molecule has 0 amide bonds. The summed E-state index contributed by atoms with van der Waals surface area (Å²) in [5, 5.41) is 0. The molecule has 1 rings (SSSR count). The SMILES string of the molecule is CCOC(=O)C(C)Oc1ccc(C(C)=O)c(F)c1. The second-order valence-electron chi connectivity index (χ2n) is 3.71. The van der Waals surface area contributed by atoms with Crippen molar-refractivity contribution in [3.63, 3.8) is 0 Å². The van der Waals surface area contributed by atoms with E-state index in [0.29, 0.717) is 0 Å². The summed E-state index contributed by atoms with van der Waals surface area (Å²) < 4.78 is 23.5. The summed E-state index contributed by atoms with van der Waals surface area (Å²) >= 11 is 0. The van der Waals surface area contributed by atoms with Crippen LogP contribution in [0.3, 0.4) is 0 Å². The Bertz CT molecular complexity index is 456. The van der Waals surface area contributed by atoms with Gasteiger partial charge >= 0.3 is 5.97 Å². The molecule has 0 bridgehead atoms. The summed E-state index contributed by atoms with van der Waals surface area (Å²) in [5.41, 5.74) is -0.00821. The predicted octanol–water partition coefficient (Wildman–Crippen LogP) is 2.36. The number of Topliss-reactive ketones (excluding diaryl/α,β-unsaturated/α-hetero) is 1. The van der Waals surface area contributed by atoms with Crippen molar-refractivity contribution in [1.82, 2.24) is 0 Å². The lowest BCUT2D eigenvalue weighted by molar-refractivity contribution is -0.150. The molecule has 5 heteroatoms. The maximum atomic E-state index is 13.5. The smallest absolute Gasteiger partial charge is 0.347 e. The Kier molecular flexibility index (Phi) is 4.83. The number of halogens is 1. The monoisotopic (exact) mass is 254 g/mol. The Morgan fingerprint density at radius 3 is 2.56 bits per heavy atom. The molecule has 1 aromatic rings. The summed E-state index contributed by atoms with van der Waals surface area (Å²) in [6.45, 7) is 4.73. The third kappa shape index (κ3) is 3.55. The Balaban J connectivity index is 2.77. The second-order valence-corrected chi connectivity index (χ2v) is 3.71. The van der Waals surface area contributed by atoms with Crippen molar-refractivity contribution in [3.05, 3.63) is 29.6 Å². The van der Waals surface area contributed by atoms with Crippen molar-refractivity contribution in [2.75, 3.05) is 6.61 Å². The van der Waals surface area contributed by atoms with Crippen LogP contribution < -0.4 is 4.74 Å². The molecule has 0 N–H and O–H groups in total. The quantitative estimate of drug-likeness (QED) is 0.598. The molecule has 18 heavy (non-hydrogen) atoms. The van der Waals surface area contributed by atoms with Gasteiger partial charge in [-0.25, -0.2) is 9.18 Å². The van der Waals surface area contributed by atoms with Crippen molar-refractivity contribution < 1.29 is 23.5 Å². The van der Waals surface area contributed by atoms with Gasteiger partial charge in [-0.05, 0) is 32.9 Å². The molecule has 0 aliphatic carbocycles. The fourth-order valence-corrected chi connectivity index (χ4v) is 1.37. The standard InChI is InChI=1S/C13H15FO4/c1-4-17-13(16)9(3)18-10-5-6-11(8(2)15)12(14)7-10/h5-7,9H,4H2,1-3H3. The highest BCUT2D eigenvalue weighted by atomic mass is 19.1.